The normalized spacial score (nSPS) is 18.2. The fourth-order valence-corrected chi connectivity index (χ4v) is 3.90. The van der Waals surface area contributed by atoms with Crippen molar-refractivity contribution in [1.82, 2.24) is 0 Å². The number of fused-ring (bicyclic) bond motifs is 1. The number of aryl methyl sites for hydroxylation is 1. The van der Waals surface area contributed by atoms with Crippen LogP contribution in [-0.4, -0.2) is 6.21 Å². The maximum absolute atomic E-state index is 4.68. The van der Waals surface area contributed by atoms with Crippen LogP contribution < -0.4 is 0 Å². The van der Waals surface area contributed by atoms with E-state index in [4.69, 9.17) is 0 Å². The molecule has 1 nitrogen and oxygen atoms in total. The van der Waals surface area contributed by atoms with Crippen molar-refractivity contribution in [3.63, 3.8) is 0 Å². The van der Waals surface area contributed by atoms with Crippen molar-refractivity contribution < 1.29 is 0 Å². The average molecular weight is 327 g/mol. The van der Waals surface area contributed by atoms with E-state index >= 15 is 0 Å². The highest BCUT2D eigenvalue weighted by molar-refractivity contribution is 5.91. The zero-order valence-corrected chi connectivity index (χ0v) is 15.1. The van der Waals surface area contributed by atoms with Crippen molar-refractivity contribution in [3.8, 4) is 0 Å². The van der Waals surface area contributed by atoms with Gasteiger partial charge in [0.2, 0.25) is 0 Å². The minimum absolute atomic E-state index is 0.514. The molecule has 1 atom stereocenters. The van der Waals surface area contributed by atoms with Crippen LogP contribution in [0.1, 0.15) is 60.8 Å². The van der Waals surface area contributed by atoms with Gasteiger partial charge < -0.3 is 0 Å². The molecule has 0 aromatic heterocycles. The van der Waals surface area contributed by atoms with E-state index in [1.807, 2.05) is 0 Å². The average Bonchev–Trinajstić information content (AvgIpc) is 3.27. The van der Waals surface area contributed by atoms with Gasteiger partial charge in [0.1, 0.15) is 0 Å². The Morgan fingerprint density at radius 3 is 2.84 bits per heavy atom. The molecule has 1 aliphatic heterocycles. The summed E-state index contributed by atoms with van der Waals surface area (Å²) in [6, 6.07) is 15.5. The highest BCUT2D eigenvalue weighted by Crippen LogP contribution is 2.39. The second-order valence-corrected chi connectivity index (χ2v) is 7.15. The molecule has 1 heterocycles. The first kappa shape index (κ1) is 16.1. The molecule has 0 saturated heterocycles. The van der Waals surface area contributed by atoms with Gasteiger partial charge in [-0.05, 0) is 59.2 Å². The molecule has 0 N–H and O–H groups in total. The highest BCUT2D eigenvalue weighted by atomic mass is 14.8. The van der Waals surface area contributed by atoms with Crippen molar-refractivity contribution in [1.29, 1.82) is 0 Å². The number of benzene rings is 2. The third-order valence-corrected chi connectivity index (χ3v) is 5.39. The molecule has 2 aromatic carbocycles. The van der Waals surface area contributed by atoms with E-state index in [1.54, 1.807) is 0 Å². The van der Waals surface area contributed by atoms with E-state index in [-0.39, 0.29) is 0 Å². The van der Waals surface area contributed by atoms with Gasteiger partial charge in [0.05, 0.1) is 5.69 Å². The van der Waals surface area contributed by atoms with E-state index in [1.165, 1.54) is 52.7 Å². The highest BCUT2D eigenvalue weighted by Gasteiger charge is 2.20. The lowest BCUT2D eigenvalue weighted by Crippen LogP contribution is -1.95. The quantitative estimate of drug-likeness (QED) is 0.569. The third-order valence-electron chi connectivity index (χ3n) is 5.39. The molecule has 4 rings (SSSR count). The van der Waals surface area contributed by atoms with Crippen molar-refractivity contribution in [3.05, 3.63) is 76.9 Å². The number of hydrogen-bond donors (Lipinski definition) is 0. The Morgan fingerprint density at radius 1 is 1.12 bits per heavy atom. The van der Waals surface area contributed by atoms with E-state index < -0.39 is 0 Å². The monoisotopic (exact) mass is 327 g/mol. The van der Waals surface area contributed by atoms with Crippen LogP contribution in [0.3, 0.4) is 0 Å². The van der Waals surface area contributed by atoms with Crippen LogP contribution in [0.15, 0.2) is 59.6 Å². The molecule has 1 aliphatic carbocycles. The lowest BCUT2D eigenvalue weighted by atomic mass is 9.93. The minimum atomic E-state index is 0.514. The number of nitrogens with zero attached hydrogens (tertiary/aromatic N) is 1. The Kier molecular flexibility index (Phi) is 4.40. The molecular formula is C24H25N. The summed E-state index contributed by atoms with van der Waals surface area (Å²) in [5.41, 5.74) is 9.31. The van der Waals surface area contributed by atoms with Crippen LogP contribution >= 0.6 is 0 Å². The van der Waals surface area contributed by atoms with Gasteiger partial charge >= 0.3 is 0 Å². The van der Waals surface area contributed by atoms with Crippen molar-refractivity contribution in [2.45, 2.75) is 45.4 Å². The van der Waals surface area contributed by atoms with E-state index in [2.05, 4.69) is 79.7 Å². The molecule has 0 fully saturated rings. The Hall–Kier alpha value is -2.41. The second-order valence-electron chi connectivity index (χ2n) is 7.15. The van der Waals surface area contributed by atoms with Gasteiger partial charge in [0, 0.05) is 12.1 Å². The van der Waals surface area contributed by atoms with Gasteiger partial charge in [-0.15, -0.1) is 0 Å². The summed E-state index contributed by atoms with van der Waals surface area (Å²) >= 11 is 0. The SMILES string of the molecule is CCCCC1C=Nc2cc(C3=CCC(c4ccccc4C)=C3)ccc21. The molecule has 0 bridgehead atoms. The molecule has 2 aromatic rings. The maximum Gasteiger partial charge on any atom is 0.0670 e. The molecule has 0 saturated carbocycles. The van der Waals surface area contributed by atoms with Gasteiger partial charge in [-0.3, -0.25) is 4.99 Å². The molecule has 0 amide bonds. The second kappa shape index (κ2) is 6.84. The summed E-state index contributed by atoms with van der Waals surface area (Å²) in [4.78, 5) is 4.68. The molecule has 2 aliphatic rings. The summed E-state index contributed by atoms with van der Waals surface area (Å²) in [5.74, 6) is 0.514. The van der Waals surface area contributed by atoms with Crippen LogP contribution in [0.4, 0.5) is 5.69 Å². The van der Waals surface area contributed by atoms with Gasteiger partial charge in [0.25, 0.3) is 0 Å². The summed E-state index contributed by atoms with van der Waals surface area (Å²) in [6.45, 7) is 4.44. The summed E-state index contributed by atoms with van der Waals surface area (Å²) in [7, 11) is 0. The molecule has 0 radical (unpaired) electrons. The Balaban J connectivity index is 1.58. The van der Waals surface area contributed by atoms with Crippen LogP contribution in [-0.2, 0) is 0 Å². The van der Waals surface area contributed by atoms with Crippen LogP contribution in [0, 0.1) is 6.92 Å². The number of hydrogen-bond acceptors (Lipinski definition) is 1. The lowest BCUT2D eigenvalue weighted by molar-refractivity contribution is 0.696. The Labute approximate surface area is 150 Å². The zero-order chi connectivity index (χ0) is 17.2. The van der Waals surface area contributed by atoms with Crippen LogP contribution in [0.25, 0.3) is 11.1 Å². The van der Waals surface area contributed by atoms with Crippen molar-refractivity contribution in [2.24, 2.45) is 4.99 Å². The van der Waals surface area contributed by atoms with Gasteiger partial charge in [-0.25, -0.2) is 0 Å². The van der Waals surface area contributed by atoms with Gasteiger partial charge in [-0.1, -0.05) is 68.3 Å². The predicted octanol–water partition coefficient (Wildman–Crippen LogP) is 6.86. The molecule has 1 heteroatoms. The number of aliphatic imine (C=N–C) groups is 1. The summed E-state index contributed by atoms with van der Waals surface area (Å²) in [5, 5.41) is 0. The van der Waals surface area contributed by atoms with Crippen LogP contribution in [0.2, 0.25) is 0 Å². The smallest absolute Gasteiger partial charge is 0.0670 e. The fourth-order valence-electron chi connectivity index (χ4n) is 3.90. The largest absolute Gasteiger partial charge is 0.260 e. The summed E-state index contributed by atoms with van der Waals surface area (Å²) in [6.07, 6.45) is 11.6. The summed E-state index contributed by atoms with van der Waals surface area (Å²) < 4.78 is 0. The number of unbranched alkanes of at least 4 members (excludes halogenated alkanes) is 1. The first-order chi connectivity index (χ1) is 12.3. The number of allylic oxidation sites excluding steroid dienone is 4. The van der Waals surface area contributed by atoms with Crippen molar-refractivity contribution in [2.75, 3.05) is 0 Å². The lowest BCUT2D eigenvalue weighted by Gasteiger charge is -2.10. The molecule has 25 heavy (non-hydrogen) atoms. The van der Waals surface area contributed by atoms with Crippen LogP contribution in [0.5, 0.6) is 0 Å². The third kappa shape index (κ3) is 3.11. The van der Waals surface area contributed by atoms with Gasteiger partial charge in [0.15, 0.2) is 0 Å². The first-order valence-electron chi connectivity index (χ1n) is 9.41. The number of rotatable bonds is 5. The zero-order valence-electron chi connectivity index (χ0n) is 15.1. The topological polar surface area (TPSA) is 12.4 Å². The maximum atomic E-state index is 4.68. The molecule has 126 valence electrons. The van der Waals surface area contributed by atoms with Crippen molar-refractivity contribution >= 4 is 23.0 Å². The Morgan fingerprint density at radius 2 is 2.00 bits per heavy atom. The molecule has 0 spiro atoms. The predicted molar refractivity (Wildman–Crippen MR) is 109 cm³/mol. The molecule has 1 unspecified atom stereocenters. The first-order valence-corrected chi connectivity index (χ1v) is 9.41. The van der Waals surface area contributed by atoms with Gasteiger partial charge in [-0.2, -0.15) is 0 Å². The van der Waals surface area contributed by atoms with E-state index in [0.717, 1.165) is 12.1 Å². The van der Waals surface area contributed by atoms with E-state index in [9.17, 15) is 0 Å². The standard InChI is InChI=1S/C24H25N/c1-3-4-8-21-16-25-24-15-19(12-13-23(21)24)18-10-11-20(14-18)22-9-6-5-7-17(22)2/h5-7,9-10,12-16,21H,3-4,8,11H2,1-2H3. The minimum Gasteiger partial charge on any atom is -0.260 e. The molecular weight excluding hydrogens is 302 g/mol. The fraction of sp³-hybridized carbons (Fsp3) is 0.292. The van der Waals surface area contributed by atoms with E-state index in [0.29, 0.717) is 5.92 Å². The Bertz CT molecular complexity index is 883.